The molecule has 28 atom stereocenters. The molecule has 14 N–H and O–H groups in total. The Labute approximate surface area is 453 Å². The van der Waals surface area contributed by atoms with Gasteiger partial charge in [0.25, 0.3) is 0 Å². The molecule has 0 amide bonds. The summed E-state index contributed by atoms with van der Waals surface area (Å²) in [6, 6.07) is 0. The molecular weight excluding hydrogens is 1030 g/mol. The smallest absolute Gasteiger partial charge is 0.335 e. The van der Waals surface area contributed by atoms with Crippen LogP contribution in [-0.4, -0.2) is 232 Å². The normalized spacial score (nSPS) is 52.8. The number of allylic oxidation sites excluding steroid dienone is 2. The van der Waals surface area contributed by atoms with E-state index in [1.54, 1.807) is 0 Å². The molecule has 0 radical (unpaired) electrons. The van der Waals surface area contributed by atoms with Gasteiger partial charge in [-0.15, -0.1) is 0 Å². The van der Waals surface area contributed by atoms with Crippen molar-refractivity contribution in [1.82, 2.24) is 0 Å². The molecule has 24 heteroatoms. The van der Waals surface area contributed by atoms with Gasteiger partial charge in [0.2, 0.25) is 6.29 Å². The van der Waals surface area contributed by atoms with Gasteiger partial charge in [-0.1, -0.05) is 60.1 Å². The highest BCUT2D eigenvalue weighted by Crippen LogP contribution is 2.76. The van der Waals surface area contributed by atoms with E-state index in [1.165, 1.54) is 5.57 Å². The maximum atomic E-state index is 14.8. The predicted octanol–water partition coefficient (Wildman–Crippen LogP) is -1.94. The Morgan fingerprint density at radius 3 is 1.60 bits per heavy atom. The minimum atomic E-state index is -2.16. The molecule has 4 aliphatic heterocycles. The summed E-state index contributed by atoms with van der Waals surface area (Å²) in [5, 5.41) is 149. The summed E-state index contributed by atoms with van der Waals surface area (Å²) in [4.78, 5) is 27.7. The first-order valence-electron chi connectivity index (χ1n) is 27.8. The molecule has 8 fully saturated rings. The first-order chi connectivity index (χ1) is 36.5. The third kappa shape index (κ3) is 9.72. The van der Waals surface area contributed by atoms with Crippen molar-refractivity contribution < 1.29 is 119 Å². The Morgan fingerprint density at radius 2 is 1.06 bits per heavy atom. The van der Waals surface area contributed by atoms with Gasteiger partial charge < -0.3 is 109 Å². The molecule has 4 heterocycles. The Kier molecular flexibility index (Phi) is 16.9. The Balaban J connectivity index is 1.00. The van der Waals surface area contributed by atoms with E-state index in [4.69, 9.17) is 37.9 Å². The zero-order chi connectivity index (χ0) is 57.1. The number of fused-ring (bicyclic) bond motifs is 7. The van der Waals surface area contributed by atoms with Crippen LogP contribution in [0.4, 0.5) is 0 Å². The topological polar surface area (TPSA) is 391 Å². The van der Waals surface area contributed by atoms with E-state index in [2.05, 4.69) is 54.5 Å². The Morgan fingerprint density at radius 1 is 0.551 bits per heavy atom. The third-order valence-corrected chi connectivity index (χ3v) is 21.4. The van der Waals surface area contributed by atoms with Crippen molar-refractivity contribution in [2.75, 3.05) is 19.8 Å². The number of aliphatic hydroxyl groups is 13. The molecule has 78 heavy (non-hydrogen) atoms. The predicted molar refractivity (Wildman–Crippen MR) is 263 cm³/mol. The molecule has 0 spiro atoms. The summed E-state index contributed by atoms with van der Waals surface area (Å²) < 4.78 is 48.2. The molecule has 0 aromatic heterocycles. The number of hydrogen-bond donors (Lipinski definition) is 14. The van der Waals surface area contributed by atoms with Crippen LogP contribution in [0.25, 0.3) is 0 Å². The summed E-state index contributed by atoms with van der Waals surface area (Å²) in [6.07, 6.45) is -28.0. The average molecular weight is 1120 g/mol. The van der Waals surface area contributed by atoms with E-state index in [1.807, 2.05) is 0 Å². The standard InChI is InChI=1S/C54H86O24/c1-49(2)14-16-54(48(70)78-46-38(66)35(63)32(60)26(21-57)73-46)17-15-52(6)22(23(54)18-49)8-9-28-51(5)12-11-29(50(3,4)27(51)10-13-53(28,52)7)74-47-42(77-45-37(65)34(62)31(59)25(20-56)72-45)40(39(67)41(76-47)43(68)69)75-44-36(64)33(61)30(58)24(19-55)71-44/h8,23-42,44-47,55-67H,9-21H2,1-7H3,(H,68,69)/t23-,24+,25+,26+,27-,28+,29-,30+,31-,32+,33-,34-,35-,36+,37+,38+,39-,40-,41-,42+,44-,45-,46-,47+,51-,52+,53+,54-/m0/s1. The average Bonchev–Trinajstić information content (AvgIpc) is 3.56. The van der Waals surface area contributed by atoms with E-state index >= 15 is 0 Å². The van der Waals surface area contributed by atoms with Crippen molar-refractivity contribution in [3.63, 3.8) is 0 Å². The summed E-state index contributed by atoms with van der Waals surface area (Å²) in [6.45, 7) is 13.2. The van der Waals surface area contributed by atoms with Gasteiger partial charge in [0, 0.05) is 0 Å². The maximum Gasteiger partial charge on any atom is 0.335 e. The van der Waals surface area contributed by atoms with Gasteiger partial charge in [-0.3, -0.25) is 4.79 Å². The summed E-state index contributed by atoms with van der Waals surface area (Å²) >= 11 is 0. The molecular formula is C54H86O24. The van der Waals surface area contributed by atoms with E-state index in [0.29, 0.717) is 44.9 Å². The fraction of sp³-hybridized carbons (Fsp3) is 0.926. The lowest BCUT2D eigenvalue weighted by Gasteiger charge is -2.71. The number of carboxylic acids is 1. The summed E-state index contributed by atoms with van der Waals surface area (Å²) in [5.74, 6) is -2.33. The van der Waals surface area contributed by atoms with Crippen LogP contribution in [0.15, 0.2) is 11.6 Å². The molecule has 0 bridgehead atoms. The highest BCUT2D eigenvalue weighted by molar-refractivity contribution is 5.79. The van der Waals surface area contributed by atoms with Crippen LogP contribution in [0.5, 0.6) is 0 Å². The van der Waals surface area contributed by atoms with Gasteiger partial charge in [0.05, 0.1) is 31.3 Å². The first kappa shape index (κ1) is 60.5. The molecule has 0 unspecified atom stereocenters. The zero-order valence-electron chi connectivity index (χ0n) is 45.5. The third-order valence-electron chi connectivity index (χ3n) is 21.4. The van der Waals surface area contributed by atoms with Gasteiger partial charge in [0.1, 0.15) is 91.6 Å². The van der Waals surface area contributed by atoms with Crippen LogP contribution in [0.2, 0.25) is 0 Å². The molecule has 5 aliphatic carbocycles. The number of esters is 1. The fourth-order valence-electron chi connectivity index (χ4n) is 16.5. The van der Waals surface area contributed by atoms with Crippen LogP contribution < -0.4 is 0 Å². The summed E-state index contributed by atoms with van der Waals surface area (Å²) in [5.41, 5.74) is -1.57. The van der Waals surface area contributed by atoms with E-state index in [0.717, 1.165) is 19.3 Å². The first-order valence-corrected chi connectivity index (χ1v) is 27.8. The molecule has 4 saturated heterocycles. The van der Waals surface area contributed by atoms with Crippen LogP contribution in [0.3, 0.4) is 0 Å². The van der Waals surface area contributed by atoms with Crippen molar-refractivity contribution in [2.45, 2.75) is 242 Å². The van der Waals surface area contributed by atoms with E-state index in [-0.39, 0.29) is 39.4 Å². The number of carbonyl (C=O) groups is 2. The second-order valence-corrected chi connectivity index (χ2v) is 26.3. The van der Waals surface area contributed by atoms with Crippen molar-refractivity contribution in [3.8, 4) is 0 Å². The van der Waals surface area contributed by atoms with Gasteiger partial charge in [0.15, 0.2) is 25.0 Å². The quantitative estimate of drug-likeness (QED) is 0.0574. The zero-order valence-corrected chi connectivity index (χ0v) is 45.5. The molecule has 24 nitrogen and oxygen atoms in total. The van der Waals surface area contributed by atoms with Crippen molar-refractivity contribution in [3.05, 3.63) is 11.6 Å². The van der Waals surface area contributed by atoms with Gasteiger partial charge >= 0.3 is 11.9 Å². The monoisotopic (exact) mass is 1120 g/mol. The van der Waals surface area contributed by atoms with Crippen LogP contribution in [-0.2, 0) is 47.5 Å². The minimum absolute atomic E-state index is 0.0272. The van der Waals surface area contributed by atoms with Crippen molar-refractivity contribution in [2.24, 2.45) is 50.2 Å². The molecule has 0 aromatic carbocycles. The number of aliphatic carboxylic acids is 1. The summed E-state index contributed by atoms with van der Waals surface area (Å²) in [7, 11) is 0. The number of ether oxygens (including phenoxy) is 8. The van der Waals surface area contributed by atoms with Crippen molar-refractivity contribution >= 4 is 11.9 Å². The molecule has 9 rings (SSSR count). The largest absolute Gasteiger partial charge is 0.479 e. The van der Waals surface area contributed by atoms with Crippen LogP contribution in [0, 0.1) is 50.2 Å². The van der Waals surface area contributed by atoms with Gasteiger partial charge in [-0.05, 0) is 109 Å². The van der Waals surface area contributed by atoms with Gasteiger partial charge in [-0.2, -0.15) is 0 Å². The number of aliphatic hydroxyl groups excluding tert-OH is 13. The second-order valence-electron chi connectivity index (χ2n) is 26.3. The van der Waals surface area contributed by atoms with Crippen LogP contribution >= 0.6 is 0 Å². The number of hydrogen-bond acceptors (Lipinski definition) is 23. The van der Waals surface area contributed by atoms with Crippen LogP contribution in [0.1, 0.15) is 113 Å². The Bertz CT molecular complexity index is 2190. The number of rotatable bonds is 12. The van der Waals surface area contributed by atoms with E-state index in [9.17, 15) is 81.1 Å². The van der Waals surface area contributed by atoms with Gasteiger partial charge in [-0.25, -0.2) is 4.79 Å². The molecule has 0 aromatic rings. The number of carboxylic acid groups (broad SMARTS) is 1. The molecule has 446 valence electrons. The fourth-order valence-corrected chi connectivity index (χ4v) is 16.5. The number of carbonyl (C=O) groups excluding carboxylic acids is 1. The highest BCUT2D eigenvalue weighted by atomic mass is 16.8. The lowest BCUT2D eigenvalue weighted by molar-refractivity contribution is -0.396. The highest BCUT2D eigenvalue weighted by Gasteiger charge is 2.70. The Hall–Kier alpha value is -2.12. The minimum Gasteiger partial charge on any atom is -0.479 e. The lowest BCUT2D eigenvalue weighted by Crippen LogP contribution is -2.68. The SMILES string of the molecule is CC1(C)CC[C@]2(C(=O)O[C@@H]3O[C@H](CO)[C@@H](O)[C@H](O)[C@H]3O)CC[C@]3(C)C(=CC[C@@H]4[C@@]5(C)CC[C@H](O[C@@H]6O[C@H](C(=O)O)[C@@H](O)[C@H](O[C@@H]7O[C@H](CO)[C@@H](O)[C@H](O)[C@H]7O)[C@H]6O[C@@H]6O[C@H](CO)[C@H](O)[C@H](O)[C@H]6O)C(C)(C)[C@@H]5CC[C@]43C)[C@@H]2C1. The lowest BCUT2D eigenvalue weighted by atomic mass is 9.33. The molecule has 9 aliphatic rings. The second kappa shape index (κ2) is 21.8. The van der Waals surface area contributed by atoms with Crippen molar-refractivity contribution in [1.29, 1.82) is 0 Å². The maximum absolute atomic E-state index is 14.8. The van der Waals surface area contributed by atoms with E-state index < -0.39 is 172 Å². The molecule has 4 saturated carbocycles.